The number of hydrogen-bond donors (Lipinski definition) is 8. The van der Waals surface area contributed by atoms with Gasteiger partial charge in [0.2, 0.25) is 23.6 Å². The summed E-state index contributed by atoms with van der Waals surface area (Å²) in [6, 6.07) is -4.54. The van der Waals surface area contributed by atoms with E-state index in [-0.39, 0.29) is 25.0 Å². The number of carbonyl (C=O) groups is 5. The van der Waals surface area contributed by atoms with Gasteiger partial charge in [0.15, 0.2) is 0 Å². The number of carboxylic acids is 1. The highest BCUT2D eigenvalue weighted by Crippen LogP contribution is 2.04. The highest BCUT2D eigenvalue weighted by Gasteiger charge is 2.30. The molecule has 14 heteroatoms. The third-order valence-corrected chi connectivity index (χ3v) is 4.50. The van der Waals surface area contributed by atoms with Gasteiger partial charge in [0, 0.05) is 30.5 Å². The molecule has 9 N–H and O–H groups in total. The highest BCUT2D eigenvalue weighted by atomic mass is 32.1. The van der Waals surface area contributed by atoms with Crippen molar-refractivity contribution in [2.75, 3.05) is 5.75 Å². The Bertz CT molecular complexity index is 786. The van der Waals surface area contributed by atoms with Crippen LogP contribution in [0.1, 0.15) is 25.5 Å². The van der Waals surface area contributed by atoms with E-state index >= 15 is 0 Å². The normalized spacial score (nSPS) is 14.5. The SMILES string of the molecule is CC(N)C(=O)NC(CS)C(=O)NC(Cc1cnc[nH]1)C(=O)NC(CCC(N)=O)C(=O)O. The molecule has 4 unspecified atom stereocenters. The number of carboxylic acid groups (broad SMARTS) is 1. The van der Waals surface area contributed by atoms with Crippen molar-refractivity contribution in [2.45, 2.75) is 50.4 Å². The van der Waals surface area contributed by atoms with Gasteiger partial charge >= 0.3 is 5.97 Å². The number of nitrogens with two attached hydrogens (primary N) is 2. The number of thiol groups is 1. The van der Waals surface area contributed by atoms with E-state index in [0.29, 0.717) is 5.69 Å². The fourth-order valence-electron chi connectivity index (χ4n) is 2.41. The minimum atomic E-state index is -1.39. The van der Waals surface area contributed by atoms with E-state index < -0.39 is 53.8 Å². The van der Waals surface area contributed by atoms with Crippen LogP contribution < -0.4 is 27.4 Å². The summed E-state index contributed by atoms with van der Waals surface area (Å²) in [6.07, 6.45) is 2.30. The van der Waals surface area contributed by atoms with Crippen molar-refractivity contribution < 1.29 is 29.1 Å². The molecule has 0 fully saturated rings. The molecule has 1 heterocycles. The van der Waals surface area contributed by atoms with Gasteiger partial charge in [0.1, 0.15) is 18.1 Å². The zero-order valence-corrected chi connectivity index (χ0v) is 17.7. The Morgan fingerprint density at radius 1 is 1.10 bits per heavy atom. The van der Waals surface area contributed by atoms with E-state index in [1.807, 2.05) is 0 Å². The number of H-pyrrole nitrogens is 1. The van der Waals surface area contributed by atoms with Crippen LogP contribution in [0.5, 0.6) is 0 Å². The Labute approximate surface area is 183 Å². The van der Waals surface area contributed by atoms with E-state index in [4.69, 9.17) is 11.5 Å². The first-order chi connectivity index (χ1) is 14.5. The van der Waals surface area contributed by atoms with Crippen LogP contribution in [-0.4, -0.2) is 74.6 Å². The number of nitrogens with one attached hydrogen (secondary N) is 4. The van der Waals surface area contributed by atoms with Crippen LogP contribution in [0.3, 0.4) is 0 Å². The summed E-state index contributed by atoms with van der Waals surface area (Å²) in [5, 5.41) is 16.5. The molecule has 0 aliphatic heterocycles. The van der Waals surface area contributed by atoms with Gasteiger partial charge in [-0.15, -0.1) is 0 Å². The Morgan fingerprint density at radius 2 is 1.68 bits per heavy atom. The van der Waals surface area contributed by atoms with Gasteiger partial charge in [0.05, 0.1) is 12.4 Å². The molecule has 0 aliphatic rings. The lowest BCUT2D eigenvalue weighted by Gasteiger charge is -2.24. The molecule has 0 saturated heterocycles. The zero-order valence-electron chi connectivity index (χ0n) is 16.8. The van der Waals surface area contributed by atoms with Crippen LogP contribution in [-0.2, 0) is 30.4 Å². The molecule has 0 saturated carbocycles. The van der Waals surface area contributed by atoms with E-state index in [9.17, 15) is 29.1 Å². The minimum Gasteiger partial charge on any atom is -0.480 e. The third kappa shape index (κ3) is 9.04. The van der Waals surface area contributed by atoms with Gasteiger partial charge in [-0.2, -0.15) is 12.6 Å². The number of aromatic nitrogens is 2. The second kappa shape index (κ2) is 12.5. The Morgan fingerprint density at radius 3 is 2.16 bits per heavy atom. The first kappa shape index (κ1) is 25.9. The Hall–Kier alpha value is -3.13. The van der Waals surface area contributed by atoms with Crippen molar-refractivity contribution in [2.24, 2.45) is 11.5 Å². The van der Waals surface area contributed by atoms with Crippen LogP contribution in [0.25, 0.3) is 0 Å². The molecule has 13 nitrogen and oxygen atoms in total. The standard InChI is InChI=1S/C17H27N7O6S/c1-8(18)14(26)24-12(6-31)16(28)23-11(4-9-5-20-7-21-9)15(27)22-10(17(29)30)2-3-13(19)25/h5,7-8,10-12,31H,2-4,6,18H2,1H3,(H2,19,25)(H,20,21)(H,22,27)(H,23,28)(H,24,26)(H,29,30). The second-order valence-corrected chi connectivity index (χ2v) is 7.14. The maximum absolute atomic E-state index is 12.7. The van der Waals surface area contributed by atoms with Gasteiger partial charge in [-0.3, -0.25) is 19.2 Å². The predicted octanol–water partition coefficient (Wildman–Crippen LogP) is -2.97. The number of hydrogen-bond acceptors (Lipinski definition) is 8. The van der Waals surface area contributed by atoms with Gasteiger partial charge < -0.3 is 37.5 Å². The number of imidazole rings is 1. The lowest BCUT2D eigenvalue weighted by Crippen LogP contribution is -2.58. The molecule has 1 aromatic heterocycles. The molecule has 0 bridgehead atoms. The molecule has 31 heavy (non-hydrogen) atoms. The number of amides is 4. The molecule has 1 rings (SSSR count). The highest BCUT2D eigenvalue weighted by molar-refractivity contribution is 7.80. The number of rotatable bonds is 13. The zero-order chi connectivity index (χ0) is 23.6. The fraction of sp³-hybridized carbons (Fsp3) is 0.529. The molecular formula is C17H27N7O6S. The molecule has 172 valence electrons. The summed E-state index contributed by atoms with van der Waals surface area (Å²) < 4.78 is 0. The van der Waals surface area contributed by atoms with Gasteiger partial charge in [-0.25, -0.2) is 9.78 Å². The third-order valence-electron chi connectivity index (χ3n) is 4.13. The molecule has 1 aromatic rings. The number of primary amides is 1. The van der Waals surface area contributed by atoms with Crippen LogP contribution in [0, 0.1) is 0 Å². The van der Waals surface area contributed by atoms with E-state index in [1.165, 1.54) is 19.4 Å². The topological polar surface area (TPSA) is 222 Å². The predicted molar refractivity (Wildman–Crippen MR) is 112 cm³/mol. The van der Waals surface area contributed by atoms with Crippen molar-refractivity contribution in [3.8, 4) is 0 Å². The van der Waals surface area contributed by atoms with Crippen molar-refractivity contribution in [3.63, 3.8) is 0 Å². The Balaban J connectivity index is 2.95. The van der Waals surface area contributed by atoms with Crippen LogP contribution in [0.4, 0.5) is 0 Å². The molecule has 4 amide bonds. The monoisotopic (exact) mass is 457 g/mol. The summed E-state index contributed by atoms with van der Waals surface area (Å²) in [4.78, 5) is 66.1. The van der Waals surface area contributed by atoms with Crippen LogP contribution >= 0.6 is 12.6 Å². The quantitative estimate of drug-likeness (QED) is 0.142. The lowest BCUT2D eigenvalue weighted by atomic mass is 10.1. The van der Waals surface area contributed by atoms with Crippen LogP contribution in [0.15, 0.2) is 12.5 Å². The van der Waals surface area contributed by atoms with Crippen LogP contribution in [0.2, 0.25) is 0 Å². The molecular weight excluding hydrogens is 430 g/mol. The number of aliphatic carboxylic acids is 1. The minimum absolute atomic E-state index is 0.0414. The lowest BCUT2D eigenvalue weighted by molar-refractivity contribution is -0.142. The maximum Gasteiger partial charge on any atom is 0.326 e. The second-order valence-electron chi connectivity index (χ2n) is 6.78. The summed E-state index contributed by atoms with van der Waals surface area (Å²) in [6.45, 7) is 1.44. The summed E-state index contributed by atoms with van der Waals surface area (Å²) in [5.41, 5.74) is 11.0. The molecule has 0 aliphatic carbocycles. The number of nitrogens with zero attached hydrogens (tertiary/aromatic N) is 1. The van der Waals surface area contributed by atoms with Gasteiger partial charge in [-0.05, 0) is 13.3 Å². The van der Waals surface area contributed by atoms with Crippen molar-refractivity contribution in [1.29, 1.82) is 0 Å². The average Bonchev–Trinajstić information content (AvgIpc) is 3.20. The van der Waals surface area contributed by atoms with E-state index in [2.05, 4.69) is 38.5 Å². The fourth-order valence-corrected chi connectivity index (χ4v) is 2.67. The Kier molecular flexibility index (Phi) is 10.5. The van der Waals surface area contributed by atoms with Crippen molar-refractivity contribution >= 4 is 42.2 Å². The number of carbonyl (C=O) groups excluding carboxylic acids is 4. The van der Waals surface area contributed by atoms with Crippen molar-refractivity contribution in [3.05, 3.63) is 18.2 Å². The van der Waals surface area contributed by atoms with E-state index in [1.54, 1.807) is 0 Å². The molecule has 0 aromatic carbocycles. The van der Waals surface area contributed by atoms with Gasteiger partial charge in [-0.1, -0.05) is 0 Å². The largest absolute Gasteiger partial charge is 0.480 e. The molecule has 0 spiro atoms. The average molecular weight is 458 g/mol. The summed E-state index contributed by atoms with van der Waals surface area (Å²) in [5.74, 6) is -4.26. The molecule has 0 radical (unpaired) electrons. The molecule has 4 atom stereocenters. The first-order valence-corrected chi connectivity index (χ1v) is 9.94. The van der Waals surface area contributed by atoms with Gasteiger partial charge in [0.25, 0.3) is 0 Å². The number of aromatic amines is 1. The first-order valence-electron chi connectivity index (χ1n) is 9.31. The maximum atomic E-state index is 12.7. The van der Waals surface area contributed by atoms with E-state index in [0.717, 1.165) is 0 Å². The smallest absolute Gasteiger partial charge is 0.326 e. The summed E-state index contributed by atoms with van der Waals surface area (Å²) >= 11 is 4.04. The van der Waals surface area contributed by atoms with Crippen molar-refractivity contribution in [1.82, 2.24) is 25.9 Å². The summed E-state index contributed by atoms with van der Waals surface area (Å²) in [7, 11) is 0.